The van der Waals surface area contributed by atoms with Crippen LogP contribution in [0.2, 0.25) is 0 Å². The van der Waals surface area contributed by atoms with Crippen LogP contribution in [0, 0.1) is 5.92 Å². The Kier molecular flexibility index (Phi) is 3.73. The maximum atomic E-state index is 5.88. The van der Waals surface area contributed by atoms with E-state index in [2.05, 4.69) is 34.3 Å². The lowest BCUT2D eigenvalue weighted by Crippen LogP contribution is -2.28. The molecule has 0 radical (unpaired) electrons. The first-order chi connectivity index (χ1) is 9.28. The number of hydrogen-bond donors (Lipinski definition) is 1. The fourth-order valence-corrected chi connectivity index (χ4v) is 2.31. The van der Waals surface area contributed by atoms with E-state index < -0.39 is 0 Å². The molecule has 2 aliphatic rings. The van der Waals surface area contributed by atoms with Crippen molar-refractivity contribution in [2.24, 2.45) is 5.92 Å². The van der Waals surface area contributed by atoms with Crippen molar-refractivity contribution in [3.05, 3.63) is 5.89 Å². The summed E-state index contributed by atoms with van der Waals surface area (Å²) in [6.07, 6.45) is 6.38. The third kappa shape index (κ3) is 3.26. The van der Waals surface area contributed by atoms with E-state index in [9.17, 15) is 0 Å². The number of aromatic nitrogens is 2. The highest BCUT2D eigenvalue weighted by molar-refractivity contribution is 5.30. The summed E-state index contributed by atoms with van der Waals surface area (Å²) >= 11 is 0. The molecule has 1 aromatic heterocycles. The van der Waals surface area contributed by atoms with Crippen LogP contribution >= 0.6 is 0 Å². The average Bonchev–Trinajstić information content (AvgIpc) is 3.32. The van der Waals surface area contributed by atoms with Gasteiger partial charge >= 0.3 is 6.01 Å². The van der Waals surface area contributed by atoms with Gasteiger partial charge in [-0.15, -0.1) is 5.10 Å². The van der Waals surface area contributed by atoms with E-state index in [4.69, 9.17) is 4.42 Å². The topological polar surface area (TPSA) is 54.2 Å². The monoisotopic (exact) mass is 264 g/mol. The Morgan fingerprint density at radius 2 is 2.11 bits per heavy atom. The van der Waals surface area contributed by atoms with E-state index in [0.29, 0.717) is 11.9 Å². The van der Waals surface area contributed by atoms with Crippen molar-refractivity contribution in [3.8, 4) is 0 Å². The number of hydrogen-bond acceptors (Lipinski definition) is 5. The predicted molar refractivity (Wildman–Crippen MR) is 74.1 cm³/mol. The molecule has 0 aromatic carbocycles. The molecule has 0 aliphatic heterocycles. The van der Waals surface area contributed by atoms with Crippen molar-refractivity contribution in [2.45, 2.75) is 58.0 Å². The molecule has 1 aromatic rings. The molecule has 5 heteroatoms. The van der Waals surface area contributed by atoms with Crippen LogP contribution in [0.5, 0.6) is 0 Å². The molecule has 0 spiro atoms. The molecule has 3 rings (SSSR count). The minimum atomic E-state index is 0.142. The van der Waals surface area contributed by atoms with Crippen LogP contribution in [0.4, 0.5) is 6.01 Å². The Morgan fingerprint density at radius 3 is 2.74 bits per heavy atom. The largest absolute Gasteiger partial charge is 0.406 e. The minimum Gasteiger partial charge on any atom is -0.406 e. The summed E-state index contributed by atoms with van der Waals surface area (Å²) < 4.78 is 5.88. The van der Waals surface area contributed by atoms with Gasteiger partial charge in [0.25, 0.3) is 0 Å². The van der Waals surface area contributed by atoms with Gasteiger partial charge in [0.2, 0.25) is 5.89 Å². The molecule has 1 atom stereocenters. The Labute approximate surface area is 114 Å². The minimum absolute atomic E-state index is 0.142. The highest BCUT2D eigenvalue weighted by Gasteiger charge is 2.36. The second-order valence-corrected chi connectivity index (χ2v) is 5.93. The first-order valence-electron chi connectivity index (χ1n) is 7.61. The zero-order valence-electron chi connectivity index (χ0n) is 11.9. The normalized spacial score (nSPS) is 20.5. The maximum absolute atomic E-state index is 5.88. The molecule has 2 saturated carbocycles. The number of nitrogens with one attached hydrogen (secondary N) is 1. The summed E-state index contributed by atoms with van der Waals surface area (Å²) in [6.45, 7) is 6.31. The van der Waals surface area contributed by atoms with Gasteiger partial charge in [0.15, 0.2) is 0 Å². The molecule has 1 heterocycles. The predicted octanol–water partition coefficient (Wildman–Crippen LogP) is 2.51. The fourth-order valence-electron chi connectivity index (χ4n) is 2.31. The first kappa shape index (κ1) is 12.9. The van der Waals surface area contributed by atoms with E-state index in [1.54, 1.807) is 0 Å². The van der Waals surface area contributed by atoms with Gasteiger partial charge in [0.05, 0.1) is 6.04 Å². The van der Waals surface area contributed by atoms with Crippen molar-refractivity contribution in [2.75, 3.05) is 18.0 Å². The van der Waals surface area contributed by atoms with Gasteiger partial charge in [-0.3, -0.25) is 0 Å². The van der Waals surface area contributed by atoms with Crippen molar-refractivity contribution in [1.29, 1.82) is 0 Å². The van der Waals surface area contributed by atoms with E-state index in [1.807, 2.05) is 0 Å². The summed E-state index contributed by atoms with van der Waals surface area (Å²) in [7, 11) is 0. The number of rotatable bonds is 8. The SMILES string of the molecule is CCCNC(C)c1nnc(N(CC2CC2)C2CC2)o1. The molecule has 0 amide bonds. The quantitative estimate of drug-likeness (QED) is 0.782. The summed E-state index contributed by atoms with van der Waals surface area (Å²) in [5.41, 5.74) is 0. The molecule has 2 fully saturated rings. The van der Waals surface area contributed by atoms with Gasteiger partial charge in [-0.05, 0) is 51.5 Å². The molecule has 1 unspecified atom stereocenters. The van der Waals surface area contributed by atoms with Gasteiger partial charge in [-0.25, -0.2) is 0 Å². The summed E-state index contributed by atoms with van der Waals surface area (Å²) in [6, 6.07) is 1.52. The fraction of sp³-hybridized carbons (Fsp3) is 0.857. The van der Waals surface area contributed by atoms with E-state index in [0.717, 1.165) is 31.4 Å². The van der Waals surface area contributed by atoms with E-state index in [1.165, 1.54) is 25.7 Å². The van der Waals surface area contributed by atoms with Crippen LogP contribution in [0.25, 0.3) is 0 Å². The zero-order valence-corrected chi connectivity index (χ0v) is 11.9. The lowest BCUT2D eigenvalue weighted by Gasteiger charge is -2.19. The van der Waals surface area contributed by atoms with Crippen LogP contribution in [0.1, 0.15) is 57.9 Å². The van der Waals surface area contributed by atoms with Gasteiger partial charge in [-0.2, -0.15) is 0 Å². The molecule has 5 nitrogen and oxygen atoms in total. The second kappa shape index (κ2) is 5.49. The first-order valence-corrected chi connectivity index (χ1v) is 7.61. The standard InChI is InChI=1S/C14H24N4O/c1-3-8-15-10(2)13-16-17-14(19-13)18(12-6-7-12)9-11-4-5-11/h10-12,15H,3-9H2,1-2H3. The van der Waals surface area contributed by atoms with Crippen molar-refractivity contribution < 1.29 is 4.42 Å². The second-order valence-electron chi connectivity index (χ2n) is 5.93. The third-order valence-electron chi connectivity index (χ3n) is 3.89. The lowest BCUT2D eigenvalue weighted by atomic mass is 10.3. The molecular formula is C14H24N4O. The van der Waals surface area contributed by atoms with E-state index in [-0.39, 0.29) is 6.04 Å². The van der Waals surface area contributed by atoms with Crippen LogP contribution in [-0.4, -0.2) is 29.3 Å². The highest BCUT2D eigenvalue weighted by atomic mass is 16.4. The van der Waals surface area contributed by atoms with Crippen molar-refractivity contribution in [1.82, 2.24) is 15.5 Å². The average molecular weight is 264 g/mol. The molecule has 2 aliphatic carbocycles. The molecular weight excluding hydrogens is 240 g/mol. The highest BCUT2D eigenvalue weighted by Crippen LogP contribution is 2.37. The van der Waals surface area contributed by atoms with Crippen molar-refractivity contribution >= 4 is 6.01 Å². The van der Waals surface area contributed by atoms with Gasteiger partial charge < -0.3 is 14.6 Å². The van der Waals surface area contributed by atoms with Crippen LogP contribution in [0.15, 0.2) is 4.42 Å². The summed E-state index contributed by atoms with van der Waals surface area (Å²) in [4.78, 5) is 2.33. The van der Waals surface area contributed by atoms with E-state index >= 15 is 0 Å². The Bertz CT molecular complexity index is 411. The van der Waals surface area contributed by atoms with Gasteiger partial charge in [0.1, 0.15) is 0 Å². The van der Waals surface area contributed by atoms with Gasteiger partial charge in [0, 0.05) is 12.6 Å². The molecule has 1 N–H and O–H groups in total. The zero-order chi connectivity index (χ0) is 13.2. The van der Waals surface area contributed by atoms with Crippen LogP contribution in [0.3, 0.4) is 0 Å². The summed E-state index contributed by atoms with van der Waals surface area (Å²) in [5, 5.41) is 11.8. The van der Waals surface area contributed by atoms with Crippen LogP contribution in [-0.2, 0) is 0 Å². The maximum Gasteiger partial charge on any atom is 0.318 e. The Hall–Kier alpha value is -1.10. The Morgan fingerprint density at radius 1 is 1.32 bits per heavy atom. The molecule has 106 valence electrons. The lowest BCUT2D eigenvalue weighted by molar-refractivity contribution is 0.412. The Balaban J connectivity index is 1.64. The summed E-state index contributed by atoms with van der Waals surface area (Å²) in [5.74, 6) is 1.57. The van der Waals surface area contributed by atoms with Gasteiger partial charge in [-0.1, -0.05) is 12.0 Å². The molecule has 0 saturated heterocycles. The molecule has 19 heavy (non-hydrogen) atoms. The molecule has 0 bridgehead atoms. The van der Waals surface area contributed by atoms with Crippen LogP contribution < -0.4 is 10.2 Å². The third-order valence-corrected chi connectivity index (χ3v) is 3.89. The van der Waals surface area contributed by atoms with Crippen molar-refractivity contribution in [3.63, 3.8) is 0 Å². The smallest absolute Gasteiger partial charge is 0.318 e. The number of nitrogens with zero attached hydrogens (tertiary/aromatic N) is 3. The number of anilines is 1.